The highest BCUT2D eigenvalue weighted by molar-refractivity contribution is 7.92. The summed E-state index contributed by atoms with van der Waals surface area (Å²) >= 11 is 0. The second-order valence-corrected chi connectivity index (χ2v) is 9.17. The molecule has 0 fully saturated rings. The van der Waals surface area contributed by atoms with Crippen molar-refractivity contribution in [2.45, 2.75) is 24.8 Å². The first-order chi connectivity index (χ1) is 16.5. The third-order valence-corrected chi connectivity index (χ3v) is 6.31. The minimum absolute atomic E-state index is 0.0304. The van der Waals surface area contributed by atoms with Crippen molar-refractivity contribution in [3.63, 3.8) is 0 Å². The number of aromatic nitrogens is 1. The van der Waals surface area contributed by atoms with Gasteiger partial charge in [0.1, 0.15) is 13.2 Å². The summed E-state index contributed by atoms with van der Waals surface area (Å²) in [4.78, 5) is 17.0. The fourth-order valence-electron chi connectivity index (χ4n) is 3.29. The Morgan fingerprint density at radius 3 is 2.71 bits per heavy atom. The molecule has 2 aromatic carbocycles. The van der Waals surface area contributed by atoms with Crippen LogP contribution >= 0.6 is 0 Å². The van der Waals surface area contributed by atoms with E-state index < -0.39 is 10.0 Å². The molecular weight excluding hydrogens is 458 g/mol. The Labute approximate surface area is 198 Å². The molecule has 2 N–H and O–H groups in total. The standard InChI is InChI=1S/C24H25N3O6S/c1-2-11-33-24-18(6-4-10-25-24)16-26-23(28)17-5-3-7-19(14-17)27-34(29,30)20-8-9-21-22(15-20)32-13-12-31-21/h3-10,14-15,27H,2,11-13,16H2,1H3,(H,26,28). The molecule has 0 aliphatic carbocycles. The van der Waals surface area contributed by atoms with E-state index in [9.17, 15) is 13.2 Å². The fourth-order valence-corrected chi connectivity index (χ4v) is 4.36. The molecule has 10 heteroatoms. The Bertz CT molecular complexity index is 1280. The van der Waals surface area contributed by atoms with Crippen molar-refractivity contribution in [1.29, 1.82) is 0 Å². The van der Waals surface area contributed by atoms with Crippen molar-refractivity contribution in [2.75, 3.05) is 24.5 Å². The van der Waals surface area contributed by atoms with E-state index >= 15 is 0 Å². The number of anilines is 1. The van der Waals surface area contributed by atoms with Crippen LogP contribution in [0.1, 0.15) is 29.3 Å². The maximum Gasteiger partial charge on any atom is 0.262 e. The third-order valence-electron chi connectivity index (χ3n) is 4.93. The SMILES string of the molecule is CCCOc1ncccc1CNC(=O)c1cccc(NS(=O)(=O)c2ccc3c(c2)OCCO3)c1. The molecule has 0 atom stereocenters. The van der Waals surface area contributed by atoms with Crippen LogP contribution in [0.25, 0.3) is 0 Å². The first-order valence-corrected chi connectivity index (χ1v) is 12.3. The number of ether oxygens (including phenoxy) is 3. The molecule has 3 aromatic rings. The average Bonchev–Trinajstić information content (AvgIpc) is 2.86. The van der Waals surface area contributed by atoms with Crippen molar-refractivity contribution in [3.8, 4) is 17.4 Å². The molecule has 4 rings (SSSR count). The summed E-state index contributed by atoms with van der Waals surface area (Å²) in [6.45, 7) is 3.52. The van der Waals surface area contributed by atoms with Crippen LogP contribution in [0.2, 0.25) is 0 Å². The number of pyridine rings is 1. The van der Waals surface area contributed by atoms with Gasteiger partial charge in [0.05, 0.1) is 11.5 Å². The Morgan fingerprint density at radius 2 is 1.88 bits per heavy atom. The van der Waals surface area contributed by atoms with Crippen molar-refractivity contribution in [3.05, 3.63) is 71.9 Å². The van der Waals surface area contributed by atoms with Crippen LogP contribution in [0.5, 0.6) is 17.4 Å². The van der Waals surface area contributed by atoms with E-state index in [-0.39, 0.29) is 23.0 Å². The summed E-state index contributed by atoms with van der Waals surface area (Å²) in [5, 5.41) is 2.82. The molecule has 1 aliphatic rings. The first kappa shape index (κ1) is 23.4. The van der Waals surface area contributed by atoms with Gasteiger partial charge >= 0.3 is 0 Å². The Kier molecular flexibility index (Phi) is 7.17. The zero-order valence-electron chi connectivity index (χ0n) is 18.6. The highest BCUT2D eigenvalue weighted by Gasteiger charge is 2.20. The Balaban J connectivity index is 1.44. The molecule has 0 unspecified atom stereocenters. The normalized spacial score (nSPS) is 12.6. The Hall–Kier alpha value is -3.79. The van der Waals surface area contributed by atoms with Crippen molar-refractivity contribution < 1.29 is 27.4 Å². The zero-order chi connectivity index (χ0) is 24.0. The van der Waals surface area contributed by atoms with Crippen LogP contribution in [-0.4, -0.2) is 39.1 Å². The number of nitrogens with one attached hydrogen (secondary N) is 2. The lowest BCUT2D eigenvalue weighted by molar-refractivity contribution is 0.0950. The fraction of sp³-hybridized carbons (Fsp3) is 0.250. The summed E-state index contributed by atoms with van der Waals surface area (Å²) in [7, 11) is -3.90. The average molecular weight is 484 g/mol. The van der Waals surface area contributed by atoms with Gasteiger partial charge in [-0.3, -0.25) is 9.52 Å². The number of amides is 1. The summed E-state index contributed by atoms with van der Waals surface area (Å²) < 4.78 is 44.8. The third kappa shape index (κ3) is 5.57. The maximum atomic E-state index is 12.9. The van der Waals surface area contributed by atoms with Gasteiger partial charge in [-0.05, 0) is 42.8 Å². The minimum Gasteiger partial charge on any atom is -0.486 e. The van der Waals surface area contributed by atoms with Gasteiger partial charge in [-0.2, -0.15) is 0 Å². The summed E-state index contributed by atoms with van der Waals surface area (Å²) in [6.07, 6.45) is 2.48. The lowest BCUT2D eigenvalue weighted by Gasteiger charge is -2.19. The van der Waals surface area contributed by atoms with E-state index in [0.29, 0.717) is 42.8 Å². The highest BCUT2D eigenvalue weighted by Crippen LogP contribution is 2.32. The van der Waals surface area contributed by atoms with E-state index in [1.807, 2.05) is 13.0 Å². The largest absolute Gasteiger partial charge is 0.486 e. The molecule has 9 nitrogen and oxygen atoms in total. The van der Waals surface area contributed by atoms with Crippen molar-refractivity contribution in [1.82, 2.24) is 10.3 Å². The van der Waals surface area contributed by atoms with Gasteiger partial charge in [0.25, 0.3) is 15.9 Å². The predicted octanol–water partition coefficient (Wildman–Crippen LogP) is 3.37. The predicted molar refractivity (Wildman–Crippen MR) is 126 cm³/mol. The second kappa shape index (κ2) is 10.4. The molecule has 0 saturated carbocycles. The van der Waals surface area contributed by atoms with Gasteiger partial charge in [0.15, 0.2) is 11.5 Å². The lowest BCUT2D eigenvalue weighted by Crippen LogP contribution is -2.23. The van der Waals surface area contributed by atoms with Crippen molar-refractivity contribution in [2.24, 2.45) is 0 Å². The van der Waals surface area contributed by atoms with Gasteiger partial charge in [0, 0.05) is 35.6 Å². The smallest absolute Gasteiger partial charge is 0.262 e. The molecule has 0 bridgehead atoms. The Morgan fingerprint density at radius 1 is 1.06 bits per heavy atom. The topological polar surface area (TPSA) is 116 Å². The van der Waals surface area contributed by atoms with Crippen LogP contribution in [0.15, 0.2) is 65.7 Å². The quantitative estimate of drug-likeness (QED) is 0.479. The van der Waals surface area contributed by atoms with Crippen LogP contribution in [0, 0.1) is 0 Å². The van der Waals surface area contributed by atoms with Crippen LogP contribution in [-0.2, 0) is 16.6 Å². The van der Waals surface area contributed by atoms with Crippen LogP contribution < -0.4 is 24.2 Å². The van der Waals surface area contributed by atoms with E-state index in [4.69, 9.17) is 14.2 Å². The van der Waals surface area contributed by atoms with Gasteiger partial charge in [-0.15, -0.1) is 0 Å². The summed E-state index contributed by atoms with van der Waals surface area (Å²) in [5.74, 6) is 0.997. The van der Waals surface area contributed by atoms with Gasteiger partial charge in [0.2, 0.25) is 5.88 Å². The number of nitrogens with zero attached hydrogens (tertiary/aromatic N) is 1. The number of fused-ring (bicyclic) bond motifs is 1. The molecule has 0 saturated heterocycles. The summed E-state index contributed by atoms with van der Waals surface area (Å²) in [6, 6.07) is 14.3. The van der Waals surface area contributed by atoms with Gasteiger partial charge in [-0.25, -0.2) is 13.4 Å². The summed E-state index contributed by atoms with van der Waals surface area (Å²) in [5.41, 5.74) is 1.32. The second-order valence-electron chi connectivity index (χ2n) is 7.49. The zero-order valence-corrected chi connectivity index (χ0v) is 19.4. The van der Waals surface area contributed by atoms with E-state index in [0.717, 1.165) is 12.0 Å². The van der Waals surface area contributed by atoms with E-state index in [1.54, 1.807) is 36.5 Å². The molecule has 2 heterocycles. The molecule has 34 heavy (non-hydrogen) atoms. The van der Waals surface area contributed by atoms with E-state index in [2.05, 4.69) is 15.0 Å². The van der Waals surface area contributed by atoms with E-state index in [1.165, 1.54) is 18.2 Å². The van der Waals surface area contributed by atoms with Gasteiger partial charge in [-0.1, -0.05) is 19.1 Å². The molecule has 1 amide bonds. The number of rotatable bonds is 9. The number of hydrogen-bond acceptors (Lipinski definition) is 7. The van der Waals surface area contributed by atoms with Crippen LogP contribution in [0.4, 0.5) is 5.69 Å². The molecule has 1 aromatic heterocycles. The number of sulfonamides is 1. The number of hydrogen-bond donors (Lipinski definition) is 2. The van der Waals surface area contributed by atoms with Gasteiger partial charge < -0.3 is 19.5 Å². The van der Waals surface area contributed by atoms with Crippen molar-refractivity contribution >= 4 is 21.6 Å². The maximum absolute atomic E-state index is 12.9. The molecule has 178 valence electrons. The monoisotopic (exact) mass is 483 g/mol. The first-order valence-electron chi connectivity index (χ1n) is 10.8. The minimum atomic E-state index is -3.90. The number of carbonyl (C=O) groups is 1. The number of benzene rings is 2. The molecule has 0 spiro atoms. The molecule has 1 aliphatic heterocycles. The molecule has 0 radical (unpaired) electrons. The lowest BCUT2D eigenvalue weighted by atomic mass is 10.2. The highest BCUT2D eigenvalue weighted by atomic mass is 32.2. The van der Waals surface area contributed by atoms with Crippen LogP contribution in [0.3, 0.4) is 0 Å². The number of carbonyl (C=O) groups excluding carboxylic acids is 1. The molecular formula is C24H25N3O6S.